The zero-order valence-corrected chi connectivity index (χ0v) is 11.0. The maximum Gasteiger partial charge on any atom is 0.307 e. The van der Waals surface area contributed by atoms with E-state index in [9.17, 15) is 9.59 Å². The zero-order chi connectivity index (χ0) is 13.7. The third-order valence-electron chi connectivity index (χ3n) is 3.66. The summed E-state index contributed by atoms with van der Waals surface area (Å²) in [5.41, 5.74) is 0. The molecule has 100 valence electrons. The SMILES string of the molecule is C#CCC(CC)NC(=O)[C@H]1CC(C)C[C@H]1C(=O)O. The lowest BCUT2D eigenvalue weighted by Gasteiger charge is -2.20. The molecule has 2 N–H and O–H groups in total. The zero-order valence-electron chi connectivity index (χ0n) is 11.0. The molecule has 0 aromatic heterocycles. The molecule has 1 amide bonds. The minimum absolute atomic E-state index is 0.0483. The van der Waals surface area contributed by atoms with E-state index in [2.05, 4.69) is 11.2 Å². The normalized spacial score (nSPS) is 28.4. The number of rotatable bonds is 5. The molecule has 1 saturated carbocycles. The first-order chi connectivity index (χ1) is 8.49. The Balaban J connectivity index is 2.65. The summed E-state index contributed by atoms with van der Waals surface area (Å²) in [5.74, 6) is 0.819. The van der Waals surface area contributed by atoms with Crippen molar-refractivity contribution < 1.29 is 14.7 Å². The predicted molar refractivity (Wildman–Crippen MR) is 68.7 cm³/mol. The quantitative estimate of drug-likeness (QED) is 0.730. The molecule has 0 heterocycles. The lowest BCUT2D eigenvalue weighted by molar-refractivity contribution is -0.146. The fourth-order valence-electron chi connectivity index (χ4n) is 2.60. The molecule has 0 aliphatic heterocycles. The lowest BCUT2D eigenvalue weighted by Crippen LogP contribution is -2.41. The molecule has 4 atom stereocenters. The molecule has 4 heteroatoms. The molecule has 0 aromatic rings. The van der Waals surface area contributed by atoms with E-state index in [4.69, 9.17) is 11.5 Å². The molecule has 0 bridgehead atoms. The van der Waals surface area contributed by atoms with Gasteiger partial charge in [0.25, 0.3) is 0 Å². The van der Waals surface area contributed by atoms with Crippen LogP contribution in [0.5, 0.6) is 0 Å². The molecule has 18 heavy (non-hydrogen) atoms. The smallest absolute Gasteiger partial charge is 0.307 e. The molecule has 4 nitrogen and oxygen atoms in total. The Morgan fingerprint density at radius 1 is 1.44 bits per heavy atom. The Labute approximate surface area is 108 Å². The average Bonchev–Trinajstić information content (AvgIpc) is 2.71. The second kappa shape index (κ2) is 6.44. The molecular weight excluding hydrogens is 230 g/mol. The van der Waals surface area contributed by atoms with Crippen LogP contribution in [0, 0.1) is 30.1 Å². The molecule has 1 fully saturated rings. The van der Waals surface area contributed by atoms with Gasteiger partial charge in [0, 0.05) is 12.5 Å². The fourth-order valence-corrected chi connectivity index (χ4v) is 2.60. The Morgan fingerprint density at radius 3 is 2.56 bits per heavy atom. The molecule has 2 unspecified atom stereocenters. The highest BCUT2D eigenvalue weighted by molar-refractivity contribution is 5.85. The van der Waals surface area contributed by atoms with E-state index in [-0.39, 0.29) is 17.9 Å². The number of carboxylic acids is 1. The van der Waals surface area contributed by atoms with E-state index in [1.807, 2.05) is 13.8 Å². The predicted octanol–water partition coefficient (Wildman–Crippen LogP) is 1.65. The van der Waals surface area contributed by atoms with Gasteiger partial charge in [0.15, 0.2) is 0 Å². The second-order valence-corrected chi connectivity index (χ2v) is 5.15. The largest absolute Gasteiger partial charge is 0.481 e. The van der Waals surface area contributed by atoms with Gasteiger partial charge >= 0.3 is 5.97 Å². The van der Waals surface area contributed by atoms with Gasteiger partial charge in [-0.1, -0.05) is 13.8 Å². The number of carbonyl (C=O) groups excluding carboxylic acids is 1. The highest BCUT2D eigenvalue weighted by atomic mass is 16.4. The van der Waals surface area contributed by atoms with Crippen molar-refractivity contribution in [2.45, 2.75) is 45.6 Å². The van der Waals surface area contributed by atoms with E-state index in [1.165, 1.54) is 0 Å². The fraction of sp³-hybridized carbons (Fsp3) is 0.714. The van der Waals surface area contributed by atoms with Gasteiger partial charge in [-0.15, -0.1) is 12.3 Å². The summed E-state index contributed by atoms with van der Waals surface area (Å²) in [6, 6.07) is -0.0483. The second-order valence-electron chi connectivity index (χ2n) is 5.15. The van der Waals surface area contributed by atoms with Crippen molar-refractivity contribution in [1.82, 2.24) is 5.32 Å². The first kappa shape index (κ1) is 14.6. The standard InChI is InChI=1S/C14H21NO3/c1-4-6-10(5-2)15-13(16)11-7-9(3)8-12(11)14(17)18/h1,9-12H,5-8H2,2-3H3,(H,15,16)(H,17,18)/t9?,10?,11-,12+/m0/s1. The van der Waals surface area contributed by atoms with E-state index < -0.39 is 17.8 Å². The van der Waals surface area contributed by atoms with Gasteiger partial charge in [0.1, 0.15) is 0 Å². The third kappa shape index (κ3) is 3.49. The van der Waals surface area contributed by atoms with E-state index in [1.54, 1.807) is 0 Å². The molecule has 1 aliphatic rings. The summed E-state index contributed by atoms with van der Waals surface area (Å²) >= 11 is 0. The van der Waals surface area contributed by atoms with Gasteiger partial charge in [0.05, 0.1) is 11.8 Å². The first-order valence-electron chi connectivity index (χ1n) is 6.46. The number of terminal acetylenes is 1. The Bertz CT molecular complexity index is 359. The van der Waals surface area contributed by atoms with Crippen molar-refractivity contribution in [3.8, 4) is 12.3 Å². The van der Waals surface area contributed by atoms with Gasteiger partial charge in [-0.2, -0.15) is 0 Å². The van der Waals surface area contributed by atoms with Gasteiger partial charge in [-0.25, -0.2) is 0 Å². The Morgan fingerprint density at radius 2 is 2.06 bits per heavy atom. The number of carboxylic acid groups (broad SMARTS) is 1. The maximum atomic E-state index is 12.1. The van der Waals surface area contributed by atoms with Gasteiger partial charge in [-0.3, -0.25) is 9.59 Å². The van der Waals surface area contributed by atoms with Crippen molar-refractivity contribution in [1.29, 1.82) is 0 Å². The summed E-state index contributed by atoms with van der Waals surface area (Å²) in [6.45, 7) is 3.94. The van der Waals surface area contributed by atoms with Crippen molar-refractivity contribution in [3.63, 3.8) is 0 Å². The number of aliphatic carboxylic acids is 1. The van der Waals surface area contributed by atoms with Crippen LogP contribution in [0.2, 0.25) is 0 Å². The Kier molecular flexibility index (Phi) is 5.21. The van der Waals surface area contributed by atoms with Gasteiger partial charge in [-0.05, 0) is 25.2 Å². The molecule has 0 radical (unpaired) electrons. The van der Waals surface area contributed by atoms with Crippen LogP contribution in [0.3, 0.4) is 0 Å². The average molecular weight is 251 g/mol. The van der Waals surface area contributed by atoms with Crippen LogP contribution in [0.4, 0.5) is 0 Å². The van der Waals surface area contributed by atoms with E-state index in [0.717, 1.165) is 6.42 Å². The number of carbonyl (C=O) groups is 2. The van der Waals surface area contributed by atoms with E-state index in [0.29, 0.717) is 19.3 Å². The van der Waals surface area contributed by atoms with Gasteiger partial charge < -0.3 is 10.4 Å². The summed E-state index contributed by atoms with van der Waals surface area (Å²) in [7, 11) is 0. The third-order valence-corrected chi connectivity index (χ3v) is 3.66. The number of hydrogen-bond donors (Lipinski definition) is 2. The lowest BCUT2D eigenvalue weighted by atomic mass is 9.95. The van der Waals surface area contributed by atoms with Crippen LogP contribution < -0.4 is 5.32 Å². The summed E-state index contributed by atoms with van der Waals surface area (Å²) in [5, 5.41) is 12.0. The minimum atomic E-state index is -0.871. The molecule has 1 aliphatic carbocycles. The number of amides is 1. The van der Waals surface area contributed by atoms with Crippen LogP contribution in [-0.2, 0) is 9.59 Å². The topological polar surface area (TPSA) is 66.4 Å². The van der Waals surface area contributed by atoms with Crippen molar-refractivity contribution >= 4 is 11.9 Å². The van der Waals surface area contributed by atoms with Crippen LogP contribution >= 0.6 is 0 Å². The molecular formula is C14H21NO3. The van der Waals surface area contributed by atoms with Crippen molar-refractivity contribution in [3.05, 3.63) is 0 Å². The molecule has 0 aromatic carbocycles. The van der Waals surface area contributed by atoms with Crippen LogP contribution in [0.15, 0.2) is 0 Å². The molecule has 1 rings (SSSR count). The number of hydrogen-bond acceptors (Lipinski definition) is 2. The Hall–Kier alpha value is -1.50. The van der Waals surface area contributed by atoms with E-state index >= 15 is 0 Å². The molecule has 0 spiro atoms. The molecule has 0 saturated heterocycles. The van der Waals surface area contributed by atoms with Crippen LogP contribution in [0.1, 0.15) is 39.5 Å². The van der Waals surface area contributed by atoms with Crippen LogP contribution in [0.25, 0.3) is 0 Å². The van der Waals surface area contributed by atoms with Gasteiger partial charge in [0.2, 0.25) is 5.91 Å². The summed E-state index contributed by atoms with van der Waals surface area (Å²) < 4.78 is 0. The summed E-state index contributed by atoms with van der Waals surface area (Å²) in [4.78, 5) is 23.2. The highest BCUT2D eigenvalue weighted by Crippen LogP contribution is 2.36. The van der Waals surface area contributed by atoms with Crippen LogP contribution in [-0.4, -0.2) is 23.0 Å². The monoisotopic (exact) mass is 251 g/mol. The first-order valence-corrected chi connectivity index (χ1v) is 6.46. The number of nitrogens with one attached hydrogen (secondary N) is 1. The van der Waals surface area contributed by atoms with Crippen molar-refractivity contribution in [2.24, 2.45) is 17.8 Å². The van der Waals surface area contributed by atoms with Crippen molar-refractivity contribution in [2.75, 3.05) is 0 Å². The minimum Gasteiger partial charge on any atom is -0.481 e. The maximum absolute atomic E-state index is 12.1. The highest BCUT2D eigenvalue weighted by Gasteiger charge is 2.41. The summed E-state index contributed by atoms with van der Waals surface area (Å²) in [6.07, 6.45) is 7.72.